The Morgan fingerprint density at radius 3 is 2.97 bits per heavy atom. The van der Waals surface area contributed by atoms with E-state index in [-0.39, 0.29) is 17.8 Å². The van der Waals surface area contributed by atoms with E-state index in [0.717, 1.165) is 19.3 Å². The molecule has 31 heavy (non-hydrogen) atoms. The van der Waals surface area contributed by atoms with Crippen LogP contribution in [0, 0.1) is 5.41 Å². The Morgan fingerprint density at radius 1 is 1.39 bits per heavy atom. The molecule has 2 aliphatic heterocycles. The molecule has 0 aliphatic carbocycles. The number of ether oxygens (including phenoxy) is 2. The first-order valence-corrected chi connectivity index (χ1v) is 10.5. The van der Waals surface area contributed by atoms with Crippen LogP contribution in [0.25, 0.3) is 16.6 Å². The minimum Gasteiger partial charge on any atom is -0.478 e. The summed E-state index contributed by atoms with van der Waals surface area (Å²) in [7, 11) is 0. The Labute approximate surface area is 180 Å². The first kappa shape index (κ1) is 21.2. The van der Waals surface area contributed by atoms with Crippen molar-refractivity contribution in [2.45, 2.75) is 38.5 Å². The molecule has 2 aromatic heterocycles. The van der Waals surface area contributed by atoms with Crippen molar-refractivity contribution in [3.8, 4) is 0 Å². The zero-order valence-corrected chi connectivity index (χ0v) is 17.5. The maximum absolute atomic E-state index is 12.1. The molecule has 0 saturated carbocycles. The summed E-state index contributed by atoms with van der Waals surface area (Å²) >= 11 is 0. The van der Waals surface area contributed by atoms with Crippen LogP contribution < -0.4 is 10.2 Å². The first-order chi connectivity index (χ1) is 15.1. The number of nitrogens with zero attached hydrogens (tertiary/aromatic N) is 3. The van der Waals surface area contributed by atoms with Crippen LogP contribution in [0.4, 0.5) is 5.82 Å². The van der Waals surface area contributed by atoms with E-state index < -0.39 is 5.97 Å². The van der Waals surface area contributed by atoms with E-state index in [1.807, 2.05) is 6.92 Å². The highest BCUT2D eigenvalue weighted by atomic mass is 16.5. The van der Waals surface area contributed by atoms with Crippen molar-refractivity contribution >= 4 is 34.6 Å². The number of carbonyl (C=O) groups is 1. The number of carboxylic acids is 1. The number of aromatic nitrogens is 2. The van der Waals surface area contributed by atoms with Crippen molar-refractivity contribution < 1.29 is 19.4 Å². The number of aromatic carboxylic acids is 1. The van der Waals surface area contributed by atoms with E-state index in [9.17, 15) is 9.90 Å². The molecule has 2 atom stereocenters. The third kappa shape index (κ3) is 4.52. The number of fused-ring (bicyclic) bond motifs is 1. The van der Waals surface area contributed by atoms with Crippen LogP contribution in [-0.2, 0) is 9.47 Å². The average Bonchev–Trinajstić information content (AvgIpc) is 2.78. The summed E-state index contributed by atoms with van der Waals surface area (Å²) in [6.07, 6.45) is 7.11. The minimum atomic E-state index is -1.02. The Morgan fingerprint density at radius 2 is 2.26 bits per heavy atom. The fourth-order valence-electron chi connectivity index (χ4n) is 4.03. The number of rotatable bonds is 6. The maximum atomic E-state index is 12.1. The van der Waals surface area contributed by atoms with Gasteiger partial charge in [-0.3, -0.25) is 4.98 Å². The number of pyridine rings is 2. The summed E-state index contributed by atoms with van der Waals surface area (Å²) in [6.45, 7) is 4.45. The molecule has 4 rings (SSSR count). The largest absolute Gasteiger partial charge is 0.478 e. The summed E-state index contributed by atoms with van der Waals surface area (Å²) < 4.78 is 11.3. The Hall–Kier alpha value is -3.04. The van der Waals surface area contributed by atoms with Gasteiger partial charge in [0.05, 0.1) is 30.5 Å². The molecule has 3 N–H and O–H groups in total. The molecule has 0 radical (unpaired) electrons. The van der Waals surface area contributed by atoms with Gasteiger partial charge >= 0.3 is 5.97 Å². The fourth-order valence-corrected chi connectivity index (χ4v) is 4.03. The third-order valence-electron chi connectivity index (χ3n) is 5.61. The highest BCUT2D eigenvalue weighted by molar-refractivity contribution is 6.06. The number of hydrogen-bond acceptors (Lipinski definition) is 8. The Bertz CT molecular complexity index is 1000. The molecular formula is C22H27N5O4. The molecule has 2 fully saturated rings. The van der Waals surface area contributed by atoms with Gasteiger partial charge in [0.1, 0.15) is 23.3 Å². The zero-order valence-electron chi connectivity index (χ0n) is 17.5. The van der Waals surface area contributed by atoms with Crippen LogP contribution in [-0.4, -0.2) is 65.9 Å². The lowest BCUT2D eigenvalue weighted by Gasteiger charge is -2.34. The van der Waals surface area contributed by atoms with Gasteiger partial charge in [0.2, 0.25) is 0 Å². The van der Waals surface area contributed by atoms with Gasteiger partial charge in [0.15, 0.2) is 0 Å². The van der Waals surface area contributed by atoms with Crippen molar-refractivity contribution in [3.63, 3.8) is 0 Å². The second kappa shape index (κ2) is 9.40. The molecular weight excluding hydrogens is 398 g/mol. The van der Waals surface area contributed by atoms with Gasteiger partial charge in [-0.1, -0.05) is 0 Å². The van der Waals surface area contributed by atoms with Crippen molar-refractivity contribution in [1.29, 1.82) is 5.41 Å². The molecule has 0 spiro atoms. The van der Waals surface area contributed by atoms with E-state index in [0.29, 0.717) is 54.5 Å². The SMILES string of the molecule is C[C@@H]1COCCN1c1cc(C(=O)O)c2ccnc(/C(=C/C=N)NC3CCCCO3)c2n1. The molecule has 4 heterocycles. The normalized spacial score (nSPS) is 22.4. The molecule has 2 saturated heterocycles. The van der Waals surface area contributed by atoms with Gasteiger partial charge in [-0.05, 0) is 44.4 Å². The van der Waals surface area contributed by atoms with E-state index in [1.165, 1.54) is 6.21 Å². The molecule has 0 aromatic carbocycles. The molecule has 1 unspecified atom stereocenters. The van der Waals surface area contributed by atoms with Crippen LogP contribution in [0.15, 0.2) is 24.4 Å². The smallest absolute Gasteiger partial charge is 0.336 e. The van der Waals surface area contributed by atoms with Crippen LogP contribution in [0.2, 0.25) is 0 Å². The van der Waals surface area contributed by atoms with Gasteiger partial charge in [-0.25, -0.2) is 9.78 Å². The summed E-state index contributed by atoms with van der Waals surface area (Å²) in [5.74, 6) is -0.439. The van der Waals surface area contributed by atoms with Gasteiger partial charge < -0.3 is 30.2 Å². The highest BCUT2D eigenvalue weighted by Crippen LogP contribution is 2.29. The van der Waals surface area contributed by atoms with Gasteiger partial charge in [-0.2, -0.15) is 0 Å². The number of carboxylic acid groups (broad SMARTS) is 1. The van der Waals surface area contributed by atoms with E-state index >= 15 is 0 Å². The summed E-state index contributed by atoms with van der Waals surface area (Å²) in [5, 5.41) is 21.3. The van der Waals surface area contributed by atoms with Crippen LogP contribution in [0.5, 0.6) is 0 Å². The average molecular weight is 425 g/mol. The van der Waals surface area contributed by atoms with Gasteiger partial charge in [0, 0.05) is 30.9 Å². The number of allylic oxidation sites excluding steroid dienone is 1. The molecule has 9 heteroatoms. The van der Waals surface area contributed by atoms with Gasteiger partial charge in [0.25, 0.3) is 0 Å². The lowest BCUT2D eigenvalue weighted by molar-refractivity contribution is 0.00530. The molecule has 2 aliphatic rings. The predicted molar refractivity (Wildman–Crippen MR) is 118 cm³/mol. The molecule has 164 valence electrons. The van der Waals surface area contributed by atoms with E-state index in [1.54, 1.807) is 24.4 Å². The van der Waals surface area contributed by atoms with Crippen LogP contribution in [0.3, 0.4) is 0 Å². The van der Waals surface area contributed by atoms with Crippen molar-refractivity contribution in [1.82, 2.24) is 15.3 Å². The van der Waals surface area contributed by atoms with E-state index in [2.05, 4.69) is 15.2 Å². The fraction of sp³-hybridized carbons (Fsp3) is 0.455. The molecule has 0 bridgehead atoms. The van der Waals surface area contributed by atoms with Crippen molar-refractivity contribution in [2.24, 2.45) is 0 Å². The lowest BCUT2D eigenvalue weighted by atomic mass is 10.1. The number of hydrogen-bond donors (Lipinski definition) is 3. The number of morpholine rings is 1. The highest BCUT2D eigenvalue weighted by Gasteiger charge is 2.25. The lowest BCUT2D eigenvalue weighted by Crippen LogP contribution is -2.44. The molecule has 0 amide bonds. The standard InChI is InChI=1S/C22H27N5O4/c1-14-13-30-11-9-27(14)18-12-16(22(28)29)15-6-8-24-21(20(15)26-18)17(5-7-23)25-19-4-2-3-10-31-19/h5-8,12,14,19,23,25H,2-4,9-11,13H2,1H3,(H,28,29)/b17-5-,23-7?/t14-,19?/m1/s1. The summed E-state index contributed by atoms with van der Waals surface area (Å²) in [5.41, 5.74) is 1.74. The Kier molecular flexibility index (Phi) is 6.43. The number of nitrogens with one attached hydrogen (secondary N) is 2. The topological polar surface area (TPSA) is 121 Å². The van der Waals surface area contributed by atoms with Crippen molar-refractivity contribution in [3.05, 3.63) is 35.7 Å². The maximum Gasteiger partial charge on any atom is 0.336 e. The van der Waals surface area contributed by atoms with Gasteiger partial charge in [-0.15, -0.1) is 0 Å². The molecule has 2 aromatic rings. The molecule has 9 nitrogen and oxygen atoms in total. The minimum absolute atomic E-state index is 0.0748. The second-order valence-corrected chi connectivity index (χ2v) is 7.75. The second-order valence-electron chi connectivity index (χ2n) is 7.75. The Balaban J connectivity index is 1.83. The number of anilines is 1. The summed E-state index contributed by atoms with van der Waals surface area (Å²) in [4.78, 5) is 23.5. The zero-order chi connectivity index (χ0) is 21.8. The quantitative estimate of drug-likeness (QED) is 0.604. The first-order valence-electron chi connectivity index (χ1n) is 10.5. The summed E-state index contributed by atoms with van der Waals surface area (Å²) in [6, 6.07) is 3.36. The van der Waals surface area contributed by atoms with Crippen LogP contribution >= 0.6 is 0 Å². The van der Waals surface area contributed by atoms with Crippen molar-refractivity contribution in [2.75, 3.05) is 31.3 Å². The predicted octanol–water partition coefficient (Wildman–Crippen LogP) is 2.66. The van der Waals surface area contributed by atoms with Crippen LogP contribution in [0.1, 0.15) is 42.2 Å². The van der Waals surface area contributed by atoms with E-state index in [4.69, 9.17) is 19.9 Å². The third-order valence-corrected chi connectivity index (χ3v) is 5.61. The monoisotopic (exact) mass is 425 g/mol.